The molecule has 0 aliphatic heterocycles. The smallest absolute Gasteiger partial charge is 0.0281 e. The van der Waals surface area contributed by atoms with Crippen molar-refractivity contribution in [2.45, 2.75) is 87.5 Å². The molecule has 0 N–H and O–H groups in total. The zero-order valence-corrected chi connectivity index (χ0v) is 18.9. The van der Waals surface area contributed by atoms with Crippen LogP contribution in [0.2, 0.25) is 0 Å². The van der Waals surface area contributed by atoms with E-state index >= 15 is 0 Å². The fraction of sp³-hybridized carbons (Fsp3) is 0.692. The van der Waals surface area contributed by atoms with E-state index in [0.29, 0.717) is 0 Å². The molecule has 5 atom stereocenters. The van der Waals surface area contributed by atoms with Gasteiger partial charge in [0.25, 0.3) is 0 Å². The summed E-state index contributed by atoms with van der Waals surface area (Å²) in [7, 11) is 0. The summed E-state index contributed by atoms with van der Waals surface area (Å²) < 4.78 is 0. The number of fused-ring (bicyclic) bond motifs is 3. The van der Waals surface area contributed by atoms with E-state index in [2.05, 4.69) is 58.6 Å². The van der Waals surface area contributed by atoms with Gasteiger partial charge in [-0.15, -0.1) is 0 Å². The SMILES string of the molecule is C=C1C=CC2(C)C(=C1)CCC1/C2=C\CCC(C)C(C)CC1C.CC.CC. The number of hydrogen-bond donors (Lipinski definition) is 0. The van der Waals surface area contributed by atoms with E-state index in [0.717, 1.165) is 23.7 Å². The van der Waals surface area contributed by atoms with Crippen molar-refractivity contribution in [2.24, 2.45) is 29.1 Å². The maximum Gasteiger partial charge on any atom is 0.0281 e. The second-order valence-electron chi connectivity index (χ2n) is 8.33. The summed E-state index contributed by atoms with van der Waals surface area (Å²) in [6, 6.07) is 0. The van der Waals surface area contributed by atoms with Crippen LogP contribution in [-0.2, 0) is 0 Å². The van der Waals surface area contributed by atoms with Crippen LogP contribution in [-0.4, -0.2) is 0 Å². The molecule has 0 amide bonds. The van der Waals surface area contributed by atoms with Gasteiger partial charge in [0.2, 0.25) is 0 Å². The molecule has 26 heavy (non-hydrogen) atoms. The van der Waals surface area contributed by atoms with Gasteiger partial charge in [-0.05, 0) is 68.3 Å². The minimum Gasteiger partial charge on any atom is -0.0918 e. The molecule has 0 heteroatoms. The average molecular weight is 357 g/mol. The first kappa shape index (κ1) is 23.0. The van der Waals surface area contributed by atoms with Crippen molar-refractivity contribution < 1.29 is 0 Å². The zero-order valence-electron chi connectivity index (χ0n) is 18.9. The average Bonchev–Trinajstić information content (AvgIpc) is 2.70. The van der Waals surface area contributed by atoms with Crippen LogP contribution >= 0.6 is 0 Å². The molecule has 3 aliphatic rings. The second-order valence-corrected chi connectivity index (χ2v) is 8.33. The molecule has 0 aromatic rings. The minimum absolute atomic E-state index is 0.162. The standard InChI is InChI=1S/C22H32.2C2H6/c1-15-11-12-22(5)19(13-15)9-10-20-18(4)14-17(3)16(2)7-6-8-21(20)22;2*1-2/h8,11-13,16-18,20H,1,6-7,9-10,14H2,2-5H3;2*1-2H3/b21-8+;;. The Morgan fingerprint density at radius 1 is 0.962 bits per heavy atom. The maximum atomic E-state index is 4.14. The van der Waals surface area contributed by atoms with Gasteiger partial charge in [-0.1, -0.05) is 90.5 Å². The number of rotatable bonds is 0. The van der Waals surface area contributed by atoms with Crippen LogP contribution in [0.1, 0.15) is 87.5 Å². The predicted molar refractivity (Wildman–Crippen MR) is 119 cm³/mol. The summed E-state index contributed by atoms with van der Waals surface area (Å²) in [5.41, 5.74) is 4.64. The number of hydrogen-bond acceptors (Lipinski definition) is 0. The molecule has 0 aromatic heterocycles. The van der Waals surface area contributed by atoms with Gasteiger partial charge < -0.3 is 0 Å². The van der Waals surface area contributed by atoms with E-state index in [9.17, 15) is 0 Å². The monoisotopic (exact) mass is 356 g/mol. The molecule has 5 unspecified atom stereocenters. The van der Waals surface area contributed by atoms with Crippen LogP contribution in [0.4, 0.5) is 0 Å². The molecule has 148 valence electrons. The van der Waals surface area contributed by atoms with Crippen LogP contribution in [0.5, 0.6) is 0 Å². The van der Waals surface area contributed by atoms with Gasteiger partial charge >= 0.3 is 0 Å². The quantitative estimate of drug-likeness (QED) is 0.381. The first-order valence-corrected chi connectivity index (χ1v) is 11.2. The molecule has 0 radical (unpaired) electrons. The Labute approximate surface area is 164 Å². The first-order chi connectivity index (χ1) is 12.4. The Hall–Kier alpha value is -1.04. The summed E-state index contributed by atoms with van der Waals surface area (Å²) in [4.78, 5) is 0. The van der Waals surface area contributed by atoms with Gasteiger partial charge in [0, 0.05) is 5.41 Å². The molecule has 0 aromatic carbocycles. The van der Waals surface area contributed by atoms with Crippen LogP contribution in [0.3, 0.4) is 0 Å². The summed E-state index contributed by atoms with van der Waals surface area (Å²) >= 11 is 0. The Morgan fingerprint density at radius 2 is 1.62 bits per heavy atom. The van der Waals surface area contributed by atoms with Crippen molar-refractivity contribution >= 4 is 0 Å². The normalized spacial score (nSPS) is 38.2. The van der Waals surface area contributed by atoms with Crippen molar-refractivity contribution in [1.82, 2.24) is 0 Å². The van der Waals surface area contributed by atoms with E-state index in [1.807, 2.05) is 27.7 Å². The van der Waals surface area contributed by atoms with E-state index in [4.69, 9.17) is 0 Å². The van der Waals surface area contributed by atoms with Crippen molar-refractivity contribution in [2.75, 3.05) is 0 Å². The van der Waals surface area contributed by atoms with Gasteiger partial charge in [0.05, 0.1) is 0 Å². The lowest BCUT2D eigenvalue weighted by Crippen LogP contribution is -2.34. The molecule has 3 aliphatic carbocycles. The highest BCUT2D eigenvalue weighted by molar-refractivity contribution is 5.49. The van der Waals surface area contributed by atoms with E-state index in [1.54, 1.807) is 11.1 Å². The summed E-state index contributed by atoms with van der Waals surface area (Å²) in [6.07, 6.45) is 16.2. The van der Waals surface area contributed by atoms with Gasteiger partial charge in [-0.3, -0.25) is 0 Å². The van der Waals surface area contributed by atoms with Crippen LogP contribution in [0, 0.1) is 29.1 Å². The molecule has 0 nitrogen and oxygen atoms in total. The second kappa shape index (κ2) is 10.3. The highest BCUT2D eigenvalue weighted by atomic mass is 14.5. The molecule has 1 fully saturated rings. The summed E-state index contributed by atoms with van der Waals surface area (Å²) in [5, 5.41) is 0. The third kappa shape index (κ3) is 4.81. The molecule has 3 rings (SSSR count). The molecule has 0 saturated heterocycles. The zero-order chi connectivity index (χ0) is 19.9. The predicted octanol–water partition coefficient (Wildman–Crippen LogP) is 8.53. The molecule has 1 saturated carbocycles. The lowest BCUT2D eigenvalue weighted by molar-refractivity contribution is 0.238. The maximum absolute atomic E-state index is 4.14. The van der Waals surface area contributed by atoms with E-state index in [1.165, 1.54) is 37.7 Å². The highest BCUT2D eigenvalue weighted by Crippen LogP contribution is 2.54. The lowest BCUT2D eigenvalue weighted by atomic mass is 9.59. The topological polar surface area (TPSA) is 0 Å². The van der Waals surface area contributed by atoms with E-state index in [-0.39, 0.29) is 5.41 Å². The third-order valence-electron chi connectivity index (χ3n) is 6.77. The van der Waals surface area contributed by atoms with Gasteiger partial charge in [-0.2, -0.15) is 0 Å². The highest BCUT2D eigenvalue weighted by Gasteiger charge is 2.42. The van der Waals surface area contributed by atoms with E-state index < -0.39 is 0 Å². The van der Waals surface area contributed by atoms with Crippen molar-refractivity contribution in [3.8, 4) is 0 Å². The van der Waals surface area contributed by atoms with Gasteiger partial charge in [0.15, 0.2) is 0 Å². The number of allylic oxidation sites excluding steroid dienone is 7. The van der Waals surface area contributed by atoms with Crippen LogP contribution < -0.4 is 0 Å². The van der Waals surface area contributed by atoms with Gasteiger partial charge in [-0.25, -0.2) is 0 Å². The van der Waals surface area contributed by atoms with Crippen molar-refractivity contribution in [3.05, 3.63) is 47.6 Å². The molecular formula is C26H44. The van der Waals surface area contributed by atoms with Crippen molar-refractivity contribution in [1.29, 1.82) is 0 Å². The first-order valence-electron chi connectivity index (χ1n) is 11.2. The fourth-order valence-corrected chi connectivity index (χ4v) is 4.99. The molecule has 0 spiro atoms. The molecule has 0 heterocycles. The van der Waals surface area contributed by atoms with Crippen molar-refractivity contribution in [3.63, 3.8) is 0 Å². The lowest BCUT2D eigenvalue weighted by Gasteiger charge is -2.45. The summed E-state index contributed by atoms with van der Waals surface area (Å²) in [5.74, 6) is 3.28. The van der Waals surface area contributed by atoms with Crippen LogP contribution in [0.25, 0.3) is 0 Å². The Morgan fingerprint density at radius 3 is 2.27 bits per heavy atom. The Bertz CT molecular complexity index is 544. The minimum atomic E-state index is 0.162. The molecular weight excluding hydrogens is 312 g/mol. The largest absolute Gasteiger partial charge is 0.0918 e. The third-order valence-corrected chi connectivity index (χ3v) is 6.77. The Balaban J connectivity index is 0.000000791. The Kier molecular flexibility index (Phi) is 9.14. The van der Waals surface area contributed by atoms with Crippen LogP contribution in [0.15, 0.2) is 47.6 Å². The molecule has 0 bridgehead atoms. The summed E-state index contributed by atoms with van der Waals surface area (Å²) in [6.45, 7) is 22.0. The fourth-order valence-electron chi connectivity index (χ4n) is 4.99. The van der Waals surface area contributed by atoms with Gasteiger partial charge in [0.1, 0.15) is 0 Å².